The van der Waals surface area contributed by atoms with E-state index in [0.29, 0.717) is 20.2 Å². The predicted molar refractivity (Wildman–Crippen MR) is 132 cm³/mol. The zero-order valence-corrected chi connectivity index (χ0v) is 21.2. The first-order valence-electron chi connectivity index (χ1n) is 9.27. The molecular formula is C20H17BrCl2N6O3S. The van der Waals surface area contributed by atoms with Gasteiger partial charge < -0.3 is 5.32 Å². The first-order chi connectivity index (χ1) is 15.7. The molecule has 0 unspecified atom stereocenters. The van der Waals surface area contributed by atoms with Crippen molar-refractivity contribution < 1.29 is 14.4 Å². The van der Waals surface area contributed by atoms with Gasteiger partial charge in [-0.1, -0.05) is 23.2 Å². The van der Waals surface area contributed by atoms with Crippen molar-refractivity contribution in [3.05, 3.63) is 68.0 Å². The van der Waals surface area contributed by atoms with Crippen LogP contribution in [0.4, 0.5) is 5.69 Å². The Labute approximate surface area is 211 Å². The number of amides is 3. The second-order valence-corrected chi connectivity index (χ2v) is 9.13. The molecule has 13 heteroatoms. The highest BCUT2D eigenvalue weighted by atomic mass is 79.9. The summed E-state index contributed by atoms with van der Waals surface area (Å²) in [6, 6.07) is 7.77. The van der Waals surface area contributed by atoms with Crippen molar-refractivity contribution in [1.82, 2.24) is 25.6 Å². The normalized spacial score (nSPS) is 10.6. The smallest absolute Gasteiger partial charge is 0.274 e. The van der Waals surface area contributed by atoms with Gasteiger partial charge in [-0.15, -0.1) is 0 Å². The van der Waals surface area contributed by atoms with Crippen molar-refractivity contribution in [1.29, 1.82) is 0 Å². The Morgan fingerprint density at radius 3 is 2.61 bits per heavy atom. The standard InChI is InChI=1S/C20H17BrCl2N6O3S/c1-10-6-11(22)7-12(19(31)27-26-16(30)9-33-2)17(10)25-20(32)14-8-15(21)28-29(14)18-13(23)4-3-5-24-18/h3-8H,9H2,1-2H3,(H,25,32)(H,26,30)(H,27,31). The van der Waals surface area contributed by atoms with Crippen molar-refractivity contribution in [3.8, 4) is 5.82 Å². The Kier molecular flexibility index (Phi) is 8.35. The van der Waals surface area contributed by atoms with Crippen molar-refractivity contribution in [2.75, 3.05) is 17.3 Å². The maximum atomic E-state index is 13.2. The zero-order chi connectivity index (χ0) is 24.1. The maximum absolute atomic E-state index is 13.2. The molecule has 0 saturated carbocycles. The molecule has 3 aromatic rings. The number of carbonyl (C=O) groups is 3. The number of benzene rings is 1. The fraction of sp³-hybridized carbons (Fsp3) is 0.150. The van der Waals surface area contributed by atoms with Gasteiger partial charge in [0, 0.05) is 17.3 Å². The van der Waals surface area contributed by atoms with Crippen LogP contribution in [0.15, 0.2) is 41.1 Å². The number of carbonyl (C=O) groups excluding carboxylic acids is 3. The number of hydrogen-bond donors (Lipinski definition) is 3. The van der Waals surface area contributed by atoms with E-state index in [0.717, 1.165) is 0 Å². The summed E-state index contributed by atoms with van der Waals surface area (Å²) in [5.74, 6) is -1.15. The number of hydrazine groups is 1. The topological polar surface area (TPSA) is 118 Å². The summed E-state index contributed by atoms with van der Waals surface area (Å²) in [6.07, 6.45) is 3.28. The van der Waals surface area contributed by atoms with E-state index >= 15 is 0 Å². The van der Waals surface area contributed by atoms with Crippen molar-refractivity contribution in [2.24, 2.45) is 0 Å². The predicted octanol–water partition coefficient (Wildman–Crippen LogP) is 4.02. The molecule has 9 nitrogen and oxygen atoms in total. The average Bonchev–Trinajstić information content (AvgIpc) is 3.15. The monoisotopic (exact) mass is 570 g/mol. The molecule has 2 aromatic heterocycles. The van der Waals surface area contributed by atoms with Crippen LogP contribution in [-0.4, -0.2) is 44.5 Å². The average molecular weight is 572 g/mol. The van der Waals surface area contributed by atoms with Crippen LogP contribution in [0.3, 0.4) is 0 Å². The Balaban J connectivity index is 1.93. The third-order valence-corrected chi connectivity index (χ3v) is 5.68. The number of rotatable bonds is 6. The molecule has 0 radical (unpaired) electrons. The molecule has 0 spiro atoms. The van der Waals surface area contributed by atoms with Gasteiger partial charge in [0.15, 0.2) is 5.82 Å². The van der Waals surface area contributed by atoms with E-state index in [2.05, 4.69) is 42.2 Å². The minimum Gasteiger partial charge on any atom is -0.320 e. The lowest BCUT2D eigenvalue weighted by atomic mass is 10.1. The van der Waals surface area contributed by atoms with E-state index in [-0.39, 0.29) is 34.4 Å². The second kappa shape index (κ2) is 11.0. The van der Waals surface area contributed by atoms with Crippen molar-refractivity contribution in [3.63, 3.8) is 0 Å². The van der Waals surface area contributed by atoms with Gasteiger partial charge >= 0.3 is 0 Å². The highest BCUT2D eigenvalue weighted by Gasteiger charge is 2.22. The van der Waals surface area contributed by atoms with Crippen LogP contribution < -0.4 is 16.2 Å². The van der Waals surface area contributed by atoms with Crippen LogP contribution in [-0.2, 0) is 4.79 Å². The number of pyridine rings is 1. The van der Waals surface area contributed by atoms with Gasteiger partial charge in [-0.05, 0) is 58.9 Å². The van der Waals surface area contributed by atoms with Crippen LogP contribution in [0.2, 0.25) is 10.0 Å². The van der Waals surface area contributed by atoms with Gasteiger partial charge in [0.2, 0.25) is 5.91 Å². The summed E-state index contributed by atoms with van der Waals surface area (Å²) in [5, 5.41) is 7.56. The third-order valence-electron chi connectivity index (χ3n) is 4.23. The molecule has 3 N–H and O–H groups in total. The first kappa shape index (κ1) is 25.0. The van der Waals surface area contributed by atoms with Gasteiger partial charge in [-0.3, -0.25) is 25.2 Å². The summed E-state index contributed by atoms with van der Waals surface area (Å²) in [7, 11) is 0. The second-order valence-electron chi connectivity index (χ2n) is 6.61. The maximum Gasteiger partial charge on any atom is 0.274 e. The van der Waals surface area contributed by atoms with Gasteiger partial charge in [-0.25, -0.2) is 9.67 Å². The van der Waals surface area contributed by atoms with E-state index in [4.69, 9.17) is 23.2 Å². The summed E-state index contributed by atoms with van der Waals surface area (Å²) < 4.78 is 1.67. The molecular weight excluding hydrogens is 555 g/mol. The van der Waals surface area contributed by atoms with E-state index in [9.17, 15) is 14.4 Å². The highest BCUT2D eigenvalue weighted by molar-refractivity contribution is 9.10. The van der Waals surface area contributed by atoms with Gasteiger partial charge in [0.1, 0.15) is 10.3 Å². The Bertz CT molecular complexity index is 1240. The highest BCUT2D eigenvalue weighted by Crippen LogP contribution is 2.27. The molecule has 3 rings (SSSR count). The van der Waals surface area contributed by atoms with Crippen LogP contribution in [0.5, 0.6) is 0 Å². The van der Waals surface area contributed by atoms with E-state index in [1.165, 1.54) is 34.8 Å². The van der Waals surface area contributed by atoms with Crippen LogP contribution in [0.25, 0.3) is 5.82 Å². The summed E-state index contributed by atoms with van der Waals surface area (Å²) in [4.78, 5) is 41.8. The van der Waals surface area contributed by atoms with Gasteiger partial charge in [0.05, 0.1) is 22.0 Å². The van der Waals surface area contributed by atoms with Crippen LogP contribution in [0, 0.1) is 6.92 Å². The molecule has 0 aliphatic heterocycles. The minimum atomic E-state index is -0.646. The van der Waals surface area contributed by atoms with E-state index in [1.807, 2.05) is 0 Å². The fourth-order valence-electron chi connectivity index (χ4n) is 2.84. The Hall–Kier alpha value is -2.60. The lowest BCUT2D eigenvalue weighted by Gasteiger charge is -2.15. The number of halogens is 3. The lowest BCUT2D eigenvalue weighted by Crippen LogP contribution is -2.42. The number of thioether (sulfide) groups is 1. The van der Waals surface area contributed by atoms with Crippen molar-refractivity contribution >= 4 is 74.3 Å². The van der Waals surface area contributed by atoms with Crippen LogP contribution >= 0.6 is 50.9 Å². The molecule has 0 aliphatic rings. The number of aromatic nitrogens is 3. The number of anilines is 1. The van der Waals surface area contributed by atoms with Crippen LogP contribution in [0.1, 0.15) is 26.4 Å². The first-order valence-corrected chi connectivity index (χ1v) is 12.2. The summed E-state index contributed by atoms with van der Waals surface area (Å²) in [5.41, 5.74) is 5.59. The summed E-state index contributed by atoms with van der Waals surface area (Å²) >= 11 is 16.9. The Morgan fingerprint density at radius 1 is 1.15 bits per heavy atom. The fourth-order valence-corrected chi connectivity index (χ4v) is 4.02. The molecule has 0 fully saturated rings. The SMILES string of the molecule is CSCC(=O)NNC(=O)c1cc(Cl)cc(C)c1NC(=O)c1cc(Br)nn1-c1ncccc1Cl. The molecule has 0 saturated heterocycles. The van der Waals surface area contributed by atoms with Crippen molar-refractivity contribution in [2.45, 2.75) is 6.92 Å². The number of hydrogen-bond acceptors (Lipinski definition) is 6. The zero-order valence-electron chi connectivity index (χ0n) is 17.3. The van der Waals surface area contributed by atoms with E-state index in [1.54, 1.807) is 31.4 Å². The molecule has 0 aliphatic carbocycles. The molecule has 0 bridgehead atoms. The van der Waals surface area contributed by atoms with Gasteiger partial charge in [0.25, 0.3) is 11.8 Å². The molecule has 1 aromatic carbocycles. The quantitative estimate of drug-likeness (QED) is 0.385. The molecule has 172 valence electrons. The van der Waals surface area contributed by atoms with E-state index < -0.39 is 11.8 Å². The molecule has 0 atom stereocenters. The van der Waals surface area contributed by atoms with Gasteiger partial charge in [-0.2, -0.15) is 16.9 Å². The number of nitrogens with zero attached hydrogens (tertiary/aromatic N) is 3. The minimum absolute atomic E-state index is 0.0683. The molecule has 33 heavy (non-hydrogen) atoms. The molecule has 3 amide bonds. The number of nitrogens with one attached hydrogen (secondary N) is 3. The number of aryl methyl sites for hydroxylation is 1. The Morgan fingerprint density at radius 2 is 1.91 bits per heavy atom. The molecule has 2 heterocycles. The lowest BCUT2D eigenvalue weighted by molar-refractivity contribution is -0.119. The third kappa shape index (κ3) is 6.05. The largest absolute Gasteiger partial charge is 0.320 e. The summed E-state index contributed by atoms with van der Waals surface area (Å²) in [6.45, 7) is 1.69.